The smallest absolute Gasteiger partial charge is 0.131 e. The van der Waals surface area contributed by atoms with E-state index in [0.29, 0.717) is 17.8 Å². The molecule has 3 rings (SSSR count). The van der Waals surface area contributed by atoms with Gasteiger partial charge in [-0.05, 0) is 31.6 Å². The number of hydrogen-bond donors (Lipinski definition) is 0. The highest BCUT2D eigenvalue weighted by Crippen LogP contribution is 2.38. The fourth-order valence-corrected chi connectivity index (χ4v) is 4.16. The lowest BCUT2D eigenvalue weighted by Crippen LogP contribution is -2.47. The molecule has 1 aromatic rings. The number of halogens is 1. The molecular formula is C17H26ClN3. The summed E-state index contributed by atoms with van der Waals surface area (Å²) >= 11 is 6.19. The first kappa shape index (κ1) is 15.1. The lowest BCUT2D eigenvalue weighted by Gasteiger charge is -2.45. The molecule has 0 radical (unpaired) electrons. The summed E-state index contributed by atoms with van der Waals surface area (Å²) in [5.74, 6) is 2.60. The fraction of sp³-hybridized carbons (Fsp3) is 0.765. The summed E-state index contributed by atoms with van der Waals surface area (Å²) in [6, 6.07) is 0.683. The van der Waals surface area contributed by atoms with Crippen LogP contribution in [0.15, 0.2) is 6.20 Å². The van der Waals surface area contributed by atoms with Gasteiger partial charge < -0.3 is 4.90 Å². The van der Waals surface area contributed by atoms with Crippen LogP contribution in [0.25, 0.3) is 0 Å². The predicted molar refractivity (Wildman–Crippen MR) is 88.0 cm³/mol. The number of alkyl halides is 1. The van der Waals surface area contributed by atoms with Crippen LogP contribution in [0, 0.1) is 5.92 Å². The van der Waals surface area contributed by atoms with E-state index in [9.17, 15) is 0 Å². The zero-order chi connectivity index (χ0) is 14.8. The molecule has 2 atom stereocenters. The third-order valence-corrected chi connectivity index (χ3v) is 5.31. The second-order valence-corrected chi connectivity index (χ2v) is 7.06. The lowest BCUT2D eigenvalue weighted by atomic mass is 9.78. The molecular weight excluding hydrogens is 282 g/mol. The Kier molecular flexibility index (Phi) is 4.68. The second-order valence-electron chi connectivity index (χ2n) is 6.80. The van der Waals surface area contributed by atoms with Gasteiger partial charge >= 0.3 is 0 Å². The van der Waals surface area contributed by atoms with Crippen molar-refractivity contribution in [1.29, 1.82) is 0 Å². The van der Waals surface area contributed by atoms with Crippen LogP contribution in [0.3, 0.4) is 0 Å². The Labute approximate surface area is 133 Å². The second kappa shape index (κ2) is 6.51. The molecule has 3 nitrogen and oxygen atoms in total. The first-order valence-electron chi connectivity index (χ1n) is 8.39. The van der Waals surface area contributed by atoms with Gasteiger partial charge in [0, 0.05) is 18.5 Å². The molecule has 2 fully saturated rings. The van der Waals surface area contributed by atoms with Crippen molar-refractivity contribution in [3.63, 3.8) is 0 Å². The van der Waals surface area contributed by atoms with Crippen molar-refractivity contribution in [2.24, 2.45) is 5.92 Å². The van der Waals surface area contributed by atoms with E-state index < -0.39 is 0 Å². The third kappa shape index (κ3) is 3.03. The van der Waals surface area contributed by atoms with Crippen LogP contribution < -0.4 is 4.90 Å². The Hall–Kier alpha value is -0.830. The summed E-state index contributed by atoms with van der Waals surface area (Å²) in [6.07, 6.45) is 10.2. The summed E-state index contributed by atoms with van der Waals surface area (Å²) < 4.78 is 0. The van der Waals surface area contributed by atoms with Gasteiger partial charge in [-0.1, -0.05) is 26.7 Å². The van der Waals surface area contributed by atoms with Crippen LogP contribution in [0.2, 0.25) is 0 Å². The van der Waals surface area contributed by atoms with Crippen molar-refractivity contribution in [1.82, 2.24) is 9.97 Å². The molecule has 1 aliphatic carbocycles. The van der Waals surface area contributed by atoms with Gasteiger partial charge in [0.1, 0.15) is 5.82 Å². The molecule has 1 saturated carbocycles. The monoisotopic (exact) mass is 307 g/mol. The number of fused-ring (bicyclic) bond motifs is 1. The van der Waals surface area contributed by atoms with Gasteiger partial charge in [-0.3, -0.25) is 0 Å². The minimum Gasteiger partial charge on any atom is -0.366 e. The highest BCUT2D eigenvalue weighted by molar-refractivity contribution is 6.17. The molecule has 116 valence electrons. The number of anilines is 1. The van der Waals surface area contributed by atoms with Crippen LogP contribution in [-0.2, 0) is 5.88 Å². The van der Waals surface area contributed by atoms with Crippen molar-refractivity contribution in [2.45, 2.75) is 70.2 Å². The average molecular weight is 308 g/mol. The fourth-order valence-electron chi connectivity index (χ4n) is 3.97. The lowest BCUT2D eigenvalue weighted by molar-refractivity contribution is 0.243. The van der Waals surface area contributed by atoms with E-state index in [2.05, 4.69) is 23.7 Å². The van der Waals surface area contributed by atoms with E-state index in [1.54, 1.807) is 0 Å². The number of hydrogen-bond acceptors (Lipinski definition) is 3. The molecule has 21 heavy (non-hydrogen) atoms. The van der Waals surface area contributed by atoms with Crippen molar-refractivity contribution >= 4 is 17.3 Å². The highest BCUT2D eigenvalue weighted by Gasteiger charge is 2.34. The number of piperidine rings is 1. The molecule has 0 aromatic carbocycles. The Morgan fingerprint density at radius 2 is 2.00 bits per heavy atom. The summed E-state index contributed by atoms with van der Waals surface area (Å²) in [5.41, 5.74) is 2.20. The molecule has 1 aromatic heterocycles. The van der Waals surface area contributed by atoms with Crippen molar-refractivity contribution in [3.8, 4) is 0 Å². The molecule has 1 aliphatic heterocycles. The van der Waals surface area contributed by atoms with Gasteiger partial charge in [0.25, 0.3) is 0 Å². The third-order valence-electron chi connectivity index (χ3n) is 5.06. The normalized spacial score (nSPS) is 26.0. The van der Waals surface area contributed by atoms with E-state index in [1.807, 2.05) is 6.20 Å². The maximum Gasteiger partial charge on any atom is 0.131 e. The average Bonchev–Trinajstić information content (AvgIpc) is 2.53. The molecule has 0 N–H and O–H groups in total. The predicted octanol–water partition coefficient (Wildman–Crippen LogP) is 4.50. The molecule has 1 saturated heterocycles. The van der Waals surface area contributed by atoms with Crippen molar-refractivity contribution in [3.05, 3.63) is 17.7 Å². The van der Waals surface area contributed by atoms with E-state index in [4.69, 9.17) is 16.6 Å². The topological polar surface area (TPSA) is 29.0 Å². The summed E-state index contributed by atoms with van der Waals surface area (Å²) in [7, 11) is 0. The zero-order valence-corrected chi connectivity index (χ0v) is 13.9. The molecule has 0 amide bonds. The van der Waals surface area contributed by atoms with E-state index in [0.717, 1.165) is 24.0 Å². The molecule has 2 aliphatic rings. The van der Waals surface area contributed by atoms with Gasteiger partial charge in [-0.25, -0.2) is 9.97 Å². The van der Waals surface area contributed by atoms with E-state index in [-0.39, 0.29) is 0 Å². The zero-order valence-electron chi connectivity index (χ0n) is 13.2. The highest BCUT2D eigenvalue weighted by atomic mass is 35.5. The number of rotatable bonds is 3. The van der Waals surface area contributed by atoms with E-state index in [1.165, 1.54) is 44.2 Å². The largest absolute Gasteiger partial charge is 0.366 e. The molecule has 2 unspecified atom stereocenters. The van der Waals surface area contributed by atoms with Gasteiger partial charge in [0.05, 0.1) is 23.5 Å². The summed E-state index contributed by atoms with van der Waals surface area (Å²) in [4.78, 5) is 11.9. The molecule has 4 heteroatoms. The molecule has 2 heterocycles. The Balaban J connectivity index is 1.91. The van der Waals surface area contributed by atoms with Crippen LogP contribution in [0.4, 0.5) is 5.69 Å². The minimum atomic E-state index is 0.352. The van der Waals surface area contributed by atoms with Crippen LogP contribution in [-0.4, -0.2) is 22.6 Å². The standard InChI is InChI=1S/C17H26ClN3/c1-12(2)17-19-11-16(14(10-18)20-17)21-9-5-7-13-6-3-4-8-15(13)21/h11-13,15H,3-10H2,1-2H3. The van der Waals surface area contributed by atoms with Gasteiger partial charge in [0.2, 0.25) is 0 Å². The first-order chi connectivity index (χ1) is 10.2. The Morgan fingerprint density at radius 1 is 1.24 bits per heavy atom. The van der Waals surface area contributed by atoms with Crippen LogP contribution >= 0.6 is 11.6 Å². The van der Waals surface area contributed by atoms with Crippen LogP contribution in [0.1, 0.15) is 69.8 Å². The van der Waals surface area contributed by atoms with E-state index >= 15 is 0 Å². The van der Waals surface area contributed by atoms with Crippen molar-refractivity contribution in [2.75, 3.05) is 11.4 Å². The van der Waals surface area contributed by atoms with Crippen molar-refractivity contribution < 1.29 is 0 Å². The maximum atomic E-state index is 6.19. The Bertz CT molecular complexity index is 487. The molecule has 0 bridgehead atoms. The first-order valence-corrected chi connectivity index (χ1v) is 8.92. The molecule has 0 spiro atoms. The summed E-state index contributed by atoms with van der Waals surface area (Å²) in [6.45, 7) is 5.39. The number of nitrogens with zero attached hydrogens (tertiary/aromatic N) is 3. The van der Waals surface area contributed by atoms with Gasteiger partial charge in [-0.2, -0.15) is 0 Å². The van der Waals surface area contributed by atoms with Crippen LogP contribution in [0.5, 0.6) is 0 Å². The minimum absolute atomic E-state index is 0.352. The maximum absolute atomic E-state index is 6.19. The number of aromatic nitrogens is 2. The van der Waals surface area contributed by atoms with Gasteiger partial charge in [-0.15, -0.1) is 11.6 Å². The quantitative estimate of drug-likeness (QED) is 0.770. The Morgan fingerprint density at radius 3 is 2.76 bits per heavy atom. The van der Waals surface area contributed by atoms with Gasteiger partial charge in [0.15, 0.2) is 0 Å². The summed E-state index contributed by atoms with van der Waals surface area (Å²) in [5, 5.41) is 0. The SMILES string of the molecule is CC(C)c1ncc(N2CCCC3CCCCC32)c(CCl)n1.